The highest BCUT2D eigenvalue weighted by Crippen LogP contribution is 2.21. The summed E-state index contributed by atoms with van der Waals surface area (Å²) in [5.74, 6) is -0.369. The Morgan fingerprint density at radius 2 is 2.05 bits per heavy atom. The quantitative estimate of drug-likeness (QED) is 0.859. The van der Waals surface area contributed by atoms with E-state index in [1.807, 2.05) is 33.8 Å². The fourth-order valence-electron chi connectivity index (χ4n) is 1.80. The molecule has 2 nitrogen and oxygen atoms in total. The molecule has 4 heteroatoms. The number of rotatable bonds is 6. The second kappa shape index (κ2) is 7.22. The third-order valence-electron chi connectivity index (χ3n) is 2.71. The second-order valence-corrected chi connectivity index (χ2v) is 5.97. The number of nitrogens with one attached hydrogen (secondary N) is 1. The van der Waals surface area contributed by atoms with Crippen LogP contribution in [0.25, 0.3) is 0 Å². The summed E-state index contributed by atoms with van der Waals surface area (Å²) >= 11 is 5.98. The van der Waals surface area contributed by atoms with Crippen LogP contribution >= 0.6 is 11.6 Å². The molecule has 0 aliphatic heterocycles. The molecule has 0 aliphatic rings. The zero-order valence-corrected chi connectivity index (χ0v) is 12.9. The second-order valence-electron chi connectivity index (χ2n) is 5.60. The number of halogens is 2. The van der Waals surface area contributed by atoms with E-state index in [2.05, 4.69) is 5.32 Å². The number of benzene rings is 1. The summed E-state index contributed by atoms with van der Waals surface area (Å²) in [4.78, 5) is 0. The lowest BCUT2D eigenvalue weighted by Gasteiger charge is -2.25. The average Bonchev–Trinajstić information content (AvgIpc) is 2.31. The number of ether oxygens (including phenoxy) is 1. The van der Waals surface area contributed by atoms with E-state index < -0.39 is 0 Å². The van der Waals surface area contributed by atoms with Gasteiger partial charge in [0.2, 0.25) is 0 Å². The molecule has 108 valence electrons. The molecule has 0 fully saturated rings. The maximum Gasteiger partial charge on any atom is 0.142 e. The van der Waals surface area contributed by atoms with Crippen molar-refractivity contribution in [3.05, 3.63) is 34.6 Å². The van der Waals surface area contributed by atoms with Gasteiger partial charge in [0.25, 0.3) is 0 Å². The zero-order chi connectivity index (χ0) is 14.5. The van der Waals surface area contributed by atoms with E-state index in [1.54, 1.807) is 6.07 Å². The van der Waals surface area contributed by atoms with Crippen molar-refractivity contribution in [2.75, 3.05) is 13.2 Å². The van der Waals surface area contributed by atoms with Crippen LogP contribution in [0.2, 0.25) is 5.02 Å². The molecule has 1 atom stereocenters. The van der Waals surface area contributed by atoms with Crippen molar-refractivity contribution in [3.63, 3.8) is 0 Å². The van der Waals surface area contributed by atoms with E-state index >= 15 is 0 Å². The Hall–Kier alpha value is -0.640. The van der Waals surface area contributed by atoms with Gasteiger partial charge in [-0.15, -0.1) is 0 Å². The molecule has 0 aromatic heterocycles. The highest BCUT2D eigenvalue weighted by molar-refractivity contribution is 6.31. The first kappa shape index (κ1) is 16.4. The van der Waals surface area contributed by atoms with Gasteiger partial charge in [-0.2, -0.15) is 0 Å². The lowest BCUT2D eigenvalue weighted by molar-refractivity contribution is -0.0141. The van der Waals surface area contributed by atoms with Crippen LogP contribution < -0.4 is 5.32 Å². The van der Waals surface area contributed by atoms with E-state index in [-0.39, 0.29) is 22.5 Å². The SMILES string of the molecule is CCNC(COC(C)(C)C)Cc1cccc(F)c1Cl. The summed E-state index contributed by atoms with van der Waals surface area (Å²) in [5.41, 5.74) is 0.629. The van der Waals surface area contributed by atoms with Crippen LogP contribution in [-0.4, -0.2) is 24.8 Å². The molecular formula is C15H23ClFNO. The number of hydrogen-bond donors (Lipinski definition) is 1. The summed E-state index contributed by atoms with van der Waals surface area (Å²) in [6.07, 6.45) is 0.653. The molecule has 0 aliphatic carbocycles. The van der Waals surface area contributed by atoms with Crippen LogP contribution in [0.5, 0.6) is 0 Å². The van der Waals surface area contributed by atoms with Crippen molar-refractivity contribution >= 4 is 11.6 Å². The lowest BCUT2D eigenvalue weighted by Crippen LogP contribution is -2.38. The normalized spacial score (nSPS) is 13.6. The van der Waals surface area contributed by atoms with Gasteiger partial charge < -0.3 is 10.1 Å². The molecular weight excluding hydrogens is 265 g/mol. The number of likely N-dealkylation sites (N-methyl/N-ethyl adjacent to an activating group) is 1. The fraction of sp³-hybridized carbons (Fsp3) is 0.600. The molecule has 1 rings (SSSR count). The van der Waals surface area contributed by atoms with Crippen LogP contribution in [0, 0.1) is 5.82 Å². The summed E-state index contributed by atoms with van der Waals surface area (Å²) in [5, 5.41) is 3.55. The van der Waals surface area contributed by atoms with Gasteiger partial charge in [0.15, 0.2) is 0 Å². The smallest absolute Gasteiger partial charge is 0.142 e. The van der Waals surface area contributed by atoms with Crippen LogP contribution in [0.3, 0.4) is 0 Å². The minimum absolute atomic E-state index is 0.128. The molecule has 0 bridgehead atoms. The van der Waals surface area contributed by atoms with Crippen LogP contribution in [0.15, 0.2) is 18.2 Å². The third-order valence-corrected chi connectivity index (χ3v) is 3.13. The Morgan fingerprint density at radius 3 is 2.63 bits per heavy atom. The van der Waals surface area contributed by atoms with E-state index in [1.165, 1.54) is 6.07 Å². The Morgan fingerprint density at radius 1 is 1.37 bits per heavy atom. The van der Waals surface area contributed by atoms with E-state index in [9.17, 15) is 4.39 Å². The summed E-state index contributed by atoms with van der Waals surface area (Å²) in [6, 6.07) is 5.04. The standard InChI is InChI=1S/C15H23ClFNO/c1-5-18-12(10-19-15(2,3)4)9-11-7-6-8-13(17)14(11)16/h6-8,12,18H,5,9-10H2,1-4H3. The van der Waals surface area contributed by atoms with Crippen molar-refractivity contribution < 1.29 is 9.13 Å². The van der Waals surface area contributed by atoms with Crippen molar-refractivity contribution in [2.24, 2.45) is 0 Å². The predicted octanol–water partition coefficient (Wildman–Crippen LogP) is 3.81. The summed E-state index contributed by atoms with van der Waals surface area (Å²) in [6.45, 7) is 9.51. The van der Waals surface area contributed by atoms with Crippen molar-refractivity contribution in [2.45, 2.75) is 45.8 Å². The van der Waals surface area contributed by atoms with Gasteiger partial charge in [-0.25, -0.2) is 4.39 Å². The first-order chi connectivity index (χ1) is 8.83. The first-order valence-corrected chi connectivity index (χ1v) is 7.01. The van der Waals surface area contributed by atoms with E-state index in [4.69, 9.17) is 16.3 Å². The maximum absolute atomic E-state index is 13.4. The minimum atomic E-state index is -0.369. The van der Waals surface area contributed by atoms with Gasteiger partial charge >= 0.3 is 0 Å². The molecule has 0 heterocycles. The van der Waals surface area contributed by atoms with E-state index in [0.717, 1.165) is 12.1 Å². The predicted molar refractivity (Wildman–Crippen MR) is 78.3 cm³/mol. The summed E-state index contributed by atoms with van der Waals surface area (Å²) < 4.78 is 19.2. The van der Waals surface area contributed by atoms with Gasteiger partial charge in [0.05, 0.1) is 17.2 Å². The van der Waals surface area contributed by atoms with Gasteiger partial charge in [-0.1, -0.05) is 30.7 Å². The molecule has 19 heavy (non-hydrogen) atoms. The van der Waals surface area contributed by atoms with Gasteiger partial charge in [-0.05, 0) is 45.4 Å². The van der Waals surface area contributed by atoms with Crippen LogP contribution in [-0.2, 0) is 11.2 Å². The molecule has 0 saturated heterocycles. The van der Waals surface area contributed by atoms with Crippen molar-refractivity contribution in [1.82, 2.24) is 5.32 Å². The molecule has 1 N–H and O–H groups in total. The molecule has 1 aromatic carbocycles. The topological polar surface area (TPSA) is 21.3 Å². The molecule has 0 spiro atoms. The number of hydrogen-bond acceptors (Lipinski definition) is 2. The summed E-state index contributed by atoms with van der Waals surface area (Å²) in [7, 11) is 0. The molecule has 0 saturated carbocycles. The maximum atomic E-state index is 13.4. The van der Waals surface area contributed by atoms with Gasteiger partial charge in [0.1, 0.15) is 5.82 Å². The third kappa shape index (κ3) is 5.89. The van der Waals surface area contributed by atoms with E-state index in [0.29, 0.717) is 13.0 Å². The van der Waals surface area contributed by atoms with Crippen molar-refractivity contribution in [3.8, 4) is 0 Å². The molecule has 1 unspecified atom stereocenters. The molecule has 0 radical (unpaired) electrons. The first-order valence-electron chi connectivity index (χ1n) is 6.63. The average molecular weight is 288 g/mol. The Labute approximate surface area is 120 Å². The van der Waals surface area contributed by atoms with Crippen LogP contribution in [0.4, 0.5) is 4.39 Å². The van der Waals surface area contributed by atoms with Crippen molar-refractivity contribution in [1.29, 1.82) is 0 Å². The Balaban J connectivity index is 2.70. The van der Waals surface area contributed by atoms with Gasteiger partial charge in [0, 0.05) is 6.04 Å². The molecule has 1 aromatic rings. The fourth-order valence-corrected chi connectivity index (χ4v) is 2.00. The zero-order valence-electron chi connectivity index (χ0n) is 12.1. The minimum Gasteiger partial charge on any atom is -0.374 e. The monoisotopic (exact) mass is 287 g/mol. The lowest BCUT2D eigenvalue weighted by atomic mass is 10.1. The largest absolute Gasteiger partial charge is 0.374 e. The Kier molecular flexibility index (Phi) is 6.24. The molecule has 0 amide bonds. The highest BCUT2D eigenvalue weighted by Gasteiger charge is 2.17. The highest BCUT2D eigenvalue weighted by atomic mass is 35.5. The van der Waals surface area contributed by atoms with Gasteiger partial charge in [-0.3, -0.25) is 0 Å². The Bertz CT molecular complexity index is 404. The van der Waals surface area contributed by atoms with Crippen LogP contribution in [0.1, 0.15) is 33.3 Å².